The molecule has 1 aliphatic heterocycles. The molecule has 0 spiro atoms. The van der Waals surface area contributed by atoms with Gasteiger partial charge in [0.25, 0.3) is 0 Å². The van der Waals surface area contributed by atoms with Crippen LogP contribution in [-0.2, 0) is 13.1 Å². The van der Waals surface area contributed by atoms with E-state index in [1.807, 2.05) is 6.07 Å². The summed E-state index contributed by atoms with van der Waals surface area (Å²) in [6, 6.07) is 13.0. The summed E-state index contributed by atoms with van der Waals surface area (Å²) < 4.78 is 13.4. The van der Waals surface area contributed by atoms with Crippen LogP contribution in [0.5, 0.6) is 11.5 Å². The van der Waals surface area contributed by atoms with E-state index in [2.05, 4.69) is 56.8 Å². The lowest BCUT2D eigenvalue weighted by Gasteiger charge is -2.30. The molecule has 26 heavy (non-hydrogen) atoms. The van der Waals surface area contributed by atoms with Crippen LogP contribution in [0.2, 0.25) is 0 Å². The number of aromatic nitrogens is 1. The van der Waals surface area contributed by atoms with Crippen molar-refractivity contribution in [3.8, 4) is 11.5 Å². The Hall–Kier alpha value is -2.24. The van der Waals surface area contributed by atoms with E-state index in [4.69, 9.17) is 9.47 Å². The molecule has 0 radical (unpaired) electrons. The van der Waals surface area contributed by atoms with Gasteiger partial charge in [0.15, 0.2) is 0 Å². The standard InChI is InChI=1S/C21H24N2O2S/c1-24-18-11-17(12-19(13-18)25-2)21-20-5-3-7-22(20)8-4-9-23(21)14-16-6-10-26-15-16/h3,5-7,10-13,15,21H,4,8-9,14H2,1-2H3. The van der Waals surface area contributed by atoms with Gasteiger partial charge in [0.2, 0.25) is 0 Å². The number of fused-ring (bicyclic) bond motifs is 1. The van der Waals surface area contributed by atoms with E-state index in [0.717, 1.165) is 37.6 Å². The summed E-state index contributed by atoms with van der Waals surface area (Å²) in [5.41, 5.74) is 3.90. The van der Waals surface area contributed by atoms with Crippen molar-refractivity contribution in [1.29, 1.82) is 0 Å². The summed E-state index contributed by atoms with van der Waals surface area (Å²) in [5.74, 6) is 1.66. The topological polar surface area (TPSA) is 26.6 Å². The molecule has 3 aromatic rings. The molecule has 2 aromatic heterocycles. The number of hydrogen-bond donors (Lipinski definition) is 0. The molecule has 1 aliphatic rings. The molecule has 0 saturated carbocycles. The number of rotatable bonds is 5. The minimum Gasteiger partial charge on any atom is -0.497 e. The van der Waals surface area contributed by atoms with E-state index in [-0.39, 0.29) is 6.04 Å². The largest absolute Gasteiger partial charge is 0.497 e. The van der Waals surface area contributed by atoms with Crippen molar-refractivity contribution < 1.29 is 9.47 Å². The predicted molar refractivity (Wildman–Crippen MR) is 105 cm³/mol. The Morgan fingerprint density at radius 3 is 2.58 bits per heavy atom. The SMILES string of the molecule is COc1cc(OC)cc(C2c3cccn3CCCN2Cc2ccsc2)c1. The van der Waals surface area contributed by atoms with E-state index in [1.54, 1.807) is 25.6 Å². The Kier molecular flexibility index (Phi) is 5.00. The fourth-order valence-corrected chi connectivity index (χ4v) is 4.46. The highest BCUT2D eigenvalue weighted by Gasteiger charge is 2.28. The van der Waals surface area contributed by atoms with Crippen LogP contribution >= 0.6 is 11.3 Å². The van der Waals surface area contributed by atoms with Crippen LogP contribution in [-0.4, -0.2) is 30.2 Å². The molecule has 3 heterocycles. The van der Waals surface area contributed by atoms with E-state index in [0.29, 0.717) is 0 Å². The van der Waals surface area contributed by atoms with Crippen molar-refractivity contribution >= 4 is 11.3 Å². The van der Waals surface area contributed by atoms with Crippen molar-refractivity contribution in [3.63, 3.8) is 0 Å². The van der Waals surface area contributed by atoms with Crippen LogP contribution in [0.3, 0.4) is 0 Å². The number of thiophene rings is 1. The molecule has 0 aliphatic carbocycles. The monoisotopic (exact) mass is 368 g/mol. The smallest absolute Gasteiger partial charge is 0.122 e. The lowest BCUT2D eigenvalue weighted by molar-refractivity contribution is 0.220. The second kappa shape index (κ2) is 7.56. The lowest BCUT2D eigenvalue weighted by atomic mass is 10.0. The third-order valence-corrected chi connectivity index (χ3v) is 5.74. The molecular weight excluding hydrogens is 344 g/mol. The van der Waals surface area contributed by atoms with Gasteiger partial charge < -0.3 is 14.0 Å². The number of nitrogens with zero attached hydrogens (tertiary/aromatic N) is 2. The first-order valence-electron chi connectivity index (χ1n) is 8.91. The fourth-order valence-electron chi connectivity index (χ4n) is 3.80. The zero-order valence-corrected chi connectivity index (χ0v) is 16.0. The van der Waals surface area contributed by atoms with Crippen molar-refractivity contribution in [2.75, 3.05) is 20.8 Å². The van der Waals surface area contributed by atoms with Gasteiger partial charge in [0, 0.05) is 37.6 Å². The van der Waals surface area contributed by atoms with Gasteiger partial charge in [0.05, 0.1) is 20.3 Å². The van der Waals surface area contributed by atoms with Crippen LogP contribution in [0.15, 0.2) is 53.4 Å². The Bertz CT molecular complexity index is 835. The summed E-state index contributed by atoms with van der Waals surface area (Å²) in [4.78, 5) is 2.56. The van der Waals surface area contributed by atoms with Gasteiger partial charge >= 0.3 is 0 Å². The number of methoxy groups -OCH3 is 2. The summed E-state index contributed by atoms with van der Waals surface area (Å²) >= 11 is 1.76. The maximum Gasteiger partial charge on any atom is 0.122 e. The lowest BCUT2D eigenvalue weighted by Crippen LogP contribution is -2.29. The van der Waals surface area contributed by atoms with Gasteiger partial charge in [-0.1, -0.05) is 0 Å². The molecule has 0 fully saturated rings. The Balaban J connectivity index is 1.79. The molecule has 1 aromatic carbocycles. The van der Waals surface area contributed by atoms with Crippen LogP contribution in [0, 0.1) is 0 Å². The van der Waals surface area contributed by atoms with Gasteiger partial charge in [0.1, 0.15) is 11.5 Å². The third kappa shape index (κ3) is 3.37. The molecule has 0 amide bonds. The third-order valence-electron chi connectivity index (χ3n) is 5.01. The minimum absolute atomic E-state index is 0.177. The highest BCUT2D eigenvalue weighted by atomic mass is 32.1. The molecule has 1 atom stereocenters. The van der Waals surface area contributed by atoms with Gasteiger partial charge in [-0.05, 0) is 58.6 Å². The molecule has 1 unspecified atom stereocenters. The summed E-state index contributed by atoms with van der Waals surface area (Å²) in [5, 5.41) is 4.40. The van der Waals surface area contributed by atoms with Crippen molar-refractivity contribution in [1.82, 2.24) is 9.47 Å². The zero-order valence-electron chi connectivity index (χ0n) is 15.2. The van der Waals surface area contributed by atoms with Gasteiger partial charge in [-0.3, -0.25) is 4.90 Å². The fraction of sp³-hybridized carbons (Fsp3) is 0.333. The number of ether oxygens (including phenoxy) is 2. The average molecular weight is 369 g/mol. The maximum absolute atomic E-state index is 5.53. The Morgan fingerprint density at radius 2 is 1.88 bits per heavy atom. The first-order valence-corrected chi connectivity index (χ1v) is 9.86. The molecule has 5 heteroatoms. The van der Waals surface area contributed by atoms with Crippen molar-refractivity contribution in [2.45, 2.75) is 25.6 Å². The van der Waals surface area contributed by atoms with Crippen molar-refractivity contribution in [2.24, 2.45) is 0 Å². The second-order valence-electron chi connectivity index (χ2n) is 6.63. The van der Waals surface area contributed by atoms with Gasteiger partial charge in [-0.15, -0.1) is 0 Å². The number of hydrogen-bond acceptors (Lipinski definition) is 4. The van der Waals surface area contributed by atoms with Crippen LogP contribution in [0.4, 0.5) is 0 Å². The van der Waals surface area contributed by atoms with E-state index in [1.165, 1.54) is 16.8 Å². The first kappa shape index (κ1) is 17.2. The molecular formula is C21H24N2O2S. The number of aryl methyl sites for hydroxylation is 1. The van der Waals surface area contributed by atoms with Crippen LogP contribution in [0.25, 0.3) is 0 Å². The van der Waals surface area contributed by atoms with E-state index >= 15 is 0 Å². The molecule has 136 valence electrons. The summed E-state index contributed by atoms with van der Waals surface area (Å²) in [7, 11) is 3.41. The van der Waals surface area contributed by atoms with Gasteiger partial charge in [-0.25, -0.2) is 0 Å². The first-order chi connectivity index (χ1) is 12.8. The molecule has 4 nitrogen and oxygen atoms in total. The molecule has 0 bridgehead atoms. The minimum atomic E-state index is 0.177. The number of benzene rings is 1. The molecule has 4 rings (SSSR count). The zero-order chi connectivity index (χ0) is 17.9. The highest BCUT2D eigenvalue weighted by Crippen LogP contribution is 2.36. The van der Waals surface area contributed by atoms with Crippen LogP contribution < -0.4 is 9.47 Å². The average Bonchev–Trinajstić information content (AvgIpc) is 3.31. The normalized spacial score (nSPS) is 17.5. The quantitative estimate of drug-likeness (QED) is 0.660. The van der Waals surface area contributed by atoms with E-state index < -0.39 is 0 Å². The predicted octanol–water partition coefficient (Wildman–Crippen LogP) is 4.56. The van der Waals surface area contributed by atoms with E-state index in [9.17, 15) is 0 Å². The second-order valence-corrected chi connectivity index (χ2v) is 7.41. The molecule has 0 saturated heterocycles. The van der Waals surface area contributed by atoms with Crippen LogP contribution in [0.1, 0.15) is 29.3 Å². The Morgan fingerprint density at radius 1 is 1.08 bits per heavy atom. The van der Waals surface area contributed by atoms with Crippen molar-refractivity contribution in [3.05, 3.63) is 70.2 Å². The van der Waals surface area contributed by atoms with Gasteiger partial charge in [-0.2, -0.15) is 11.3 Å². The Labute approximate surface area is 158 Å². The molecule has 0 N–H and O–H groups in total. The summed E-state index contributed by atoms with van der Waals surface area (Å²) in [6.45, 7) is 3.06. The maximum atomic E-state index is 5.53. The summed E-state index contributed by atoms with van der Waals surface area (Å²) in [6.07, 6.45) is 3.33. The highest BCUT2D eigenvalue weighted by molar-refractivity contribution is 7.07.